The summed E-state index contributed by atoms with van der Waals surface area (Å²) in [7, 11) is 0. The van der Waals surface area contributed by atoms with Crippen LogP contribution in [0.1, 0.15) is 61.4 Å². The Labute approximate surface area is 164 Å². The molecule has 1 saturated heterocycles. The number of carbonyl (C=O) groups is 1. The molecule has 0 saturated carbocycles. The van der Waals surface area contributed by atoms with Gasteiger partial charge in [0, 0.05) is 43.7 Å². The van der Waals surface area contributed by atoms with Gasteiger partial charge in [-0.05, 0) is 50.2 Å². The van der Waals surface area contributed by atoms with Crippen LogP contribution in [0.2, 0.25) is 0 Å². The molecule has 0 spiro atoms. The van der Waals surface area contributed by atoms with E-state index in [0.717, 1.165) is 61.1 Å². The van der Waals surface area contributed by atoms with Gasteiger partial charge >= 0.3 is 6.03 Å². The van der Waals surface area contributed by atoms with E-state index in [1.54, 1.807) is 0 Å². The van der Waals surface area contributed by atoms with Crippen LogP contribution in [0.5, 0.6) is 0 Å². The molecule has 1 unspecified atom stereocenters. The Morgan fingerprint density at radius 1 is 1.39 bits per heavy atom. The summed E-state index contributed by atoms with van der Waals surface area (Å²) in [6.07, 6.45) is 6.52. The van der Waals surface area contributed by atoms with E-state index in [2.05, 4.69) is 20.4 Å². The number of hydrogen-bond acceptors (Lipinski definition) is 6. The number of fused-ring (bicyclic) bond motifs is 1. The molecule has 1 atom stereocenters. The summed E-state index contributed by atoms with van der Waals surface area (Å²) < 4.78 is 11.3. The standard InChI is InChI=1S/C20H27N5O3/c1-3-8-21-20(26)25-9-7-15-14(12-25)11-22-13(2)17(15)18-23-19(28-24-18)16-6-4-5-10-27-16/h11,16H,3-10,12H2,1-2H3,(H,21,26). The number of urea groups is 1. The van der Waals surface area contributed by atoms with Gasteiger partial charge in [0.15, 0.2) is 0 Å². The van der Waals surface area contributed by atoms with Crippen LogP contribution in [0.3, 0.4) is 0 Å². The molecular weight excluding hydrogens is 358 g/mol. The highest BCUT2D eigenvalue weighted by Gasteiger charge is 2.28. The van der Waals surface area contributed by atoms with E-state index >= 15 is 0 Å². The van der Waals surface area contributed by atoms with E-state index in [1.165, 1.54) is 0 Å². The predicted molar refractivity (Wildman–Crippen MR) is 103 cm³/mol. The second kappa shape index (κ2) is 8.26. The zero-order chi connectivity index (χ0) is 19.5. The minimum absolute atomic E-state index is 0.0223. The van der Waals surface area contributed by atoms with Gasteiger partial charge in [0.1, 0.15) is 6.10 Å². The summed E-state index contributed by atoms with van der Waals surface area (Å²) >= 11 is 0. The molecule has 1 N–H and O–H groups in total. The molecule has 8 heteroatoms. The van der Waals surface area contributed by atoms with Crippen LogP contribution in [-0.4, -0.2) is 45.8 Å². The number of rotatable bonds is 4. The minimum Gasteiger partial charge on any atom is -0.368 e. The third-order valence-electron chi connectivity index (χ3n) is 5.39. The number of nitrogens with one attached hydrogen (secondary N) is 1. The lowest BCUT2D eigenvalue weighted by Crippen LogP contribution is -2.43. The van der Waals surface area contributed by atoms with Gasteiger partial charge in [-0.1, -0.05) is 12.1 Å². The van der Waals surface area contributed by atoms with E-state index in [4.69, 9.17) is 9.26 Å². The zero-order valence-electron chi connectivity index (χ0n) is 16.5. The third kappa shape index (κ3) is 3.73. The molecule has 0 aliphatic carbocycles. The van der Waals surface area contributed by atoms with Crippen molar-refractivity contribution in [3.8, 4) is 11.4 Å². The quantitative estimate of drug-likeness (QED) is 0.869. The van der Waals surface area contributed by atoms with Crippen molar-refractivity contribution in [2.24, 2.45) is 0 Å². The van der Waals surface area contributed by atoms with Crippen molar-refractivity contribution in [3.05, 3.63) is 28.9 Å². The van der Waals surface area contributed by atoms with Gasteiger partial charge in [-0.3, -0.25) is 4.98 Å². The van der Waals surface area contributed by atoms with Crippen LogP contribution in [0.15, 0.2) is 10.7 Å². The van der Waals surface area contributed by atoms with Crippen molar-refractivity contribution in [2.75, 3.05) is 19.7 Å². The van der Waals surface area contributed by atoms with Gasteiger partial charge < -0.3 is 19.5 Å². The largest absolute Gasteiger partial charge is 0.368 e. The van der Waals surface area contributed by atoms with E-state index < -0.39 is 0 Å². The third-order valence-corrected chi connectivity index (χ3v) is 5.39. The van der Waals surface area contributed by atoms with Crippen LogP contribution in [-0.2, 0) is 17.7 Å². The Bertz CT molecular complexity index is 844. The summed E-state index contributed by atoms with van der Waals surface area (Å²) in [5.74, 6) is 1.11. The Balaban J connectivity index is 1.58. The Hall–Kier alpha value is -2.48. The molecule has 150 valence electrons. The first-order chi connectivity index (χ1) is 13.7. The van der Waals surface area contributed by atoms with E-state index in [1.807, 2.05) is 24.9 Å². The SMILES string of the molecule is CCCNC(=O)N1CCc2c(cnc(C)c2-c2noc(C3CCCCO3)n2)C1. The number of amides is 2. The van der Waals surface area contributed by atoms with Crippen LogP contribution in [0.25, 0.3) is 11.4 Å². The lowest BCUT2D eigenvalue weighted by atomic mass is 9.94. The van der Waals surface area contributed by atoms with Crippen molar-refractivity contribution in [2.45, 2.75) is 58.6 Å². The van der Waals surface area contributed by atoms with Gasteiger partial charge in [0.05, 0.1) is 0 Å². The molecule has 2 aliphatic rings. The van der Waals surface area contributed by atoms with Gasteiger partial charge in [0.25, 0.3) is 5.89 Å². The molecule has 2 aliphatic heterocycles. The monoisotopic (exact) mass is 385 g/mol. The fraction of sp³-hybridized carbons (Fsp3) is 0.600. The highest BCUT2D eigenvalue weighted by molar-refractivity contribution is 5.75. The first kappa shape index (κ1) is 18.9. The number of carbonyl (C=O) groups excluding carboxylic acids is 1. The Morgan fingerprint density at radius 2 is 2.29 bits per heavy atom. The lowest BCUT2D eigenvalue weighted by Gasteiger charge is -2.30. The molecule has 2 amide bonds. The van der Waals surface area contributed by atoms with Gasteiger partial charge in [-0.2, -0.15) is 4.98 Å². The highest BCUT2D eigenvalue weighted by Crippen LogP contribution is 2.33. The number of nitrogens with zero attached hydrogens (tertiary/aromatic N) is 4. The second-order valence-electron chi connectivity index (χ2n) is 7.44. The number of ether oxygens (including phenoxy) is 1. The zero-order valence-corrected chi connectivity index (χ0v) is 16.5. The van der Waals surface area contributed by atoms with Crippen LogP contribution in [0, 0.1) is 6.92 Å². The fourth-order valence-electron chi connectivity index (χ4n) is 3.87. The predicted octanol–water partition coefficient (Wildman–Crippen LogP) is 3.16. The first-order valence-corrected chi connectivity index (χ1v) is 10.1. The molecule has 2 aromatic rings. The molecule has 4 rings (SSSR count). The number of aromatic nitrogens is 3. The Kier molecular flexibility index (Phi) is 5.57. The molecular formula is C20H27N5O3. The van der Waals surface area contributed by atoms with Crippen LogP contribution in [0.4, 0.5) is 4.79 Å². The van der Waals surface area contributed by atoms with Crippen LogP contribution < -0.4 is 5.32 Å². The number of aryl methyl sites for hydroxylation is 1. The second-order valence-corrected chi connectivity index (χ2v) is 7.44. The minimum atomic E-state index is -0.111. The first-order valence-electron chi connectivity index (χ1n) is 10.1. The topological polar surface area (TPSA) is 93.4 Å². The molecule has 0 radical (unpaired) electrons. The molecule has 4 heterocycles. The van der Waals surface area contributed by atoms with Crippen molar-refractivity contribution in [1.82, 2.24) is 25.3 Å². The summed E-state index contributed by atoms with van der Waals surface area (Å²) in [4.78, 5) is 23.3. The average molecular weight is 385 g/mol. The number of hydrogen-bond donors (Lipinski definition) is 1. The van der Waals surface area contributed by atoms with E-state index in [9.17, 15) is 4.79 Å². The van der Waals surface area contributed by atoms with E-state index in [-0.39, 0.29) is 12.1 Å². The maximum atomic E-state index is 12.3. The van der Waals surface area contributed by atoms with Gasteiger partial charge in [0.2, 0.25) is 5.82 Å². The average Bonchev–Trinajstić information content (AvgIpc) is 3.22. The molecule has 28 heavy (non-hydrogen) atoms. The normalized spacial score (nSPS) is 19.4. The summed E-state index contributed by atoms with van der Waals surface area (Å²) in [6, 6.07) is -0.0223. The molecule has 0 aromatic carbocycles. The maximum absolute atomic E-state index is 12.3. The summed E-state index contributed by atoms with van der Waals surface area (Å²) in [6.45, 7) is 6.64. The van der Waals surface area contributed by atoms with E-state index in [0.29, 0.717) is 31.3 Å². The van der Waals surface area contributed by atoms with Crippen molar-refractivity contribution < 1.29 is 14.1 Å². The summed E-state index contributed by atoms with van der Waals surface area (Å²) in [5, 5.41) is 7.17. The molecule has 1 fully saturated rings. The highest BCUT2D eigenvalue weighted by atomic mass is 16.5. The molecule has 2 aromatic heterocycles. The van der Waals surface area contributed by atoms with Gasteiger partial charge in [-0.25, -0.2) is 4.79 Å². The molecule has 8 nitrogen and oxygen atoms in total. The molecule has 0 bridgehead atoms. The smallest absolute Gasteiger partial charge is 0.317 e. The van der Waals surface area contributed by atoms with Crippen molar-refractivity contribution in [3.63, 3.8) is 0 Å². The number of pyridine rings is 1. The van der Waals surface area contributed by atoms with Crippen LogP contribution >= 0.6 is 0 Å². The maximum Gasteiger partial charge on any atom is 0.317 e. The van der Waals surface area contributed by atoms with Crippen molar-refractivity contribution in [1.29, 1.82) is 0 Å². The van der Waals surface area contributed by atoms with Gasteiger partial charge in [-0.15, -0.1) is 0 Å². The fourth-order valence-corrected chi connectivity index (χ4v) is 3.87. The van der Waals surface area contributed by atoms with Crippen molar-refractivity contribution >= 4 is 6.03 Å². The lowest BCUT2D eigenvalue weighted by molar-refractivity contribution is -0.00459. The Morgan fingerprint density at radius 3 is 3.07 bits per heavy atom. The summed E-state index contributed by atoms with van der Waals surface area (Å²) in [5.41, 5.74) is 4.00.